The molecule has 50 heavy (non-hydrogen) atoms. The standard InChI is InChI=1S/C48H38N2/c1-47(2)36-21-9-13-25-40(36)49(41-26-14-10-22-37(41)47)44-29-31-30-45(33-18-6-8-20-35(33)46(31)34-19-7-5-17-32(34)44)50-42-27-15-11-23-38(42)48(3,4)39-24-12-16-28-43(39)50/h5-30H,1-4H3. The Kier molecular flexibility index (Phi) is 6.01. The SMILES string of the molecule is CC1(C)c2ccccc2N(c2cc3cc(N4c5ccccc5C(C)(C)c5ccccc54)c4ccccc4c3c3ccccc23)c2ccccc21. The summed E-state index contributed by atoms with van der Waals surface area (Å²) in [5.74, 6) is 0. The largest absolute Gasteiger partial charge is 0.309 e. The van der Waals surface area contributed by atoms with E-state index in [0.717, 1.165) is 0 Å². The summed E-state index contributed by atoms with van der Waals surface area (Å²) < 4.78 is 0. The van der Waals surface area contributed by atoms with E-state index in [-0.39, 0.29) is 10.8 Å². The van der Waals surface area contributed by atoms with Crippen LogP contribution < -0.4 is 9.80 Å². The van der Waals surface area contributed by atoms with Gasteiger partial charge in [0.15, 0.2) is 0 Å². The van der Waals surface area contributed by atoms with Gasteiger partial charge in [-0.05, 0) is 80.2 Å². The first-order chi connectivity index (χ1) is 24.4. The highest BCUT2D eigenvalue weighted by Gasteiger charge is 2.39. The van der Waals surface area contributed by atoms with Crippen molar-refractivity contribution in [2.24, 2.45) is 0 Å². The van der Waals surface area contributed by atoms with Gasteiger partial charge < -0.3 is 9.80 Å². The smallest absolute Gasteiger partial charge is 0.0546 e. The maximum Gasteiger partial charge on any atom is 0.0546 e. The Morgan fingerprint density at radius 3 is 0.940 bits per heavy atom. The Bertz CT molecular complexity index is 2400. The molecule has 2 heteroatoms. The van der Waals surface area contributed by atoms with Crippen molar-refractivity contribution in [3.63, 3.8) is 0 Å². The van der Waals surface area contributed by atoms with E-state index in [1.165, 1.54) is 88.7 Å². The van der Waals surface area contributed by atoms with E-state index in [4.69, 9.17) is 0 Å². The van der Waals surface area contributed by atoms with Crippen molar-refractivity contribution >= 4 is 66.4 Å². The van der Waals surface area contributed by atoms with Gasteiger partial charge >= 0.3 is 0 Å². The minimum absolute atomic E-state index is 0.122. The van der Waals surface area contributed by atoms with Crippen molar-refractivity contribution in [1.29, 1.82) is 0 Å². The quantitative estimate of drug-likeness (QED) is 0.173. The molecule has 8 aromatic carbocycles. The van der Waals surface area contributed by atoms with Gasteiger partial charge in [0.05, 0.1) is 34.1 Å². The van der Waals surface area contributed by atoms with E-state index in [0.29, 0.717) is 0 Å². The van der Waals surface area contributed by atoms with Gasteiger partial charge in [-0.15, -0.1) is 0 Å². The lowest BCUT2D eigenvalue weighted by Crippen LogP contribution is -2.30. The molecule has 0 saturated heterocycles. The van der Waals surface area contributed by atoms with Gasteiger partial charge in [0.25, 0.3) is 0 Å². The third-order valence-corrected chi connectivity index (χ3v) is 11.6. The molecular formula is C48H38N2. The number of para-hydroxylation sites is 4. The monoisotopic (exact) mass is 642 g/mol. The van der Waals surface area contributed by atoms with Crippen LogP contribution in [-0.2, 0) is 10.8 Å². The van der Waals surface area contributed by atoms with Crippen molar-refractivity contribution < 1.29 is 0 Å². The van der Waals surface area contributed by atoms with Gasteiger partial charge in [-0.3, -0.25) is 0 Å². The lowest BCUT2D eigenvalue weighted by Gasteiger charge is -2.43. The maximum atomic E-state index is 2.51. The summed E-state index contributed by atoms with van der Waals surface area (Å²) in [4.78, 5) is 5.03. The fourth-order valence-corrected chi connectivity index (χ4v) is 9.17. The predicted molar refractivity (Wildman–Crippen MR) is 213 cm³/mol. The normalized spacial score (nSPS) is 15.4. The number of nitrogens with zero attached hydrogens (tertiary/aromatic N) is 2. The van der Waals surface area contributed by atoms with Gasteiger partial charge in [-0.1, -0.05) is 149 Å². The van der Waals surface area contributed by atoms with Gasteiger partial charge in [-0.25, -0.2) is 0 Å². The molecule has 0 unspecified atom stereocenters. The molecule has 8 aromatic rings. The van der Waals surface area contributed by atoms with Crippen LogP contribution in [0.3, 0.4) is 0 Å². The van der Waals surface area contributed by atoms with Crippen LogP contribution in [0, 0.1) is 0 Å². The summed E-state index contributed by atoms with van der Waals surface area (Å²) in [6.07, 6.45) is 0. The minimum atomic E-state index is -0.122. The summed E-state index contributed by atoms with van der Waals surface area (Å²) in [5.41, 5.74) is 12.5. The highest BCUT2D eigenvalue weighted by Crippen LogP contribution is 2.56. The summed E-state index contributed by atoms with van der Waals surface area (Å²) in [7, 11) is 0. The van der Waals surface area contributed by atoms with Crippen LogP contribution in [0.15, 0.2) is 158 Å². The van der Waals surface area contributed by atoms with Gasteiger partial charge in [-0.2, -0.15) is 0 Å². The summed E-state index contributed by atoms with van der Waals surface area (Å²) in [6, 6.07) is 58.7. The third-order valence-electron chi connectivity index (χ3n) is 11.6. The molecule has 0 fully saturated rings. The van der Waals surface area contributed by atoms with Crippen LogP contribution in [0.5, 0.6) is 0 Å². The Morgan fingerprint density at radius 2 is 0.600 bits per heavy atom. The summed E-state index contributed by atoms with van der Waals surface area (Å²) in [5, 5.41) is 7.55. The van der Waals surface area contributed by atoms with Gasteiger partial charge in [0, 0.05) is 21.6 Å². The molecule has 2 nitrogen and oxygen atoms in total. The Hall–Kier alpha value is -5.86. The zero-order valence-electron chi connectivity index (χ0n) is 28.9. The van der Waals surface area contributed by atoms with Gasteiger partial charge in [0.2, 0.25) is 0 Å². The molecule has 240 valence electrons. The molecule has 10 rings (SSSR count). The molecule has 2 heterocycles. The summed E-state index contributed by atoms with van der Waals surface area (Å²) >= 11 is 0. The molecule has 2 aliphatic heterocycles. The average Bonchev–Trinajstić information content (AvgIpc) is 3.15. The van der Waals surface area contributed by atoms with Gasteiger partial charge in [0.1, 0.15) is 0 Å². The van der Waals surface area contributed by atoms with Crippen molar-refractivity contribution in [3.8, 4) is 0 Å². The van der Waals surface area contributed by atoms with Crippen LogP contribution in [-0.4, -0.2) is 0 Å². The zero-order chi connectivity index (χ0) is 33.8. The van der Waals surface area contributed by atoms with Crippen LogP contribution >= 0.6 is 0 Å². The fourth-order valence-electron chi connectivity index (χ4n) is 9.17. The predicted octanol–water partition coefficient (Wildman–Crippen LogP) is 13.4. The molecule has 0 bridgehead atoms. The Labute approximate surface area is 293 Å². The van der Waals surface area contributed by atoms with Crippen molar-refractivity contribution in [1.82, 2.24) is 0 Å². The van der Waals surface area contributed by atoms with Crippen molar-refractivity contribution in [2.45, 2.75) is 38.5 Å². The van der Waals surface area contributed by atoms with Crippen molar-refractivity contribution in [2.75, 3.05) is 9.80 Å². The molecule has 0 atom stereocenters. The topological polar surface area (TPSA) is 6.48 Å². The molecule has 0 radical (unpaired) electrons. The summed E-state index contributed by atoms with van der Waals surface area (Å²) in [6.45, 7) is 9.42. The van der Waals surface area contributed by atoms with E-state index in [1.807, 2.05) is 0 Å². The number of anilines is 6. The Balaban J connectivity index is 1.33. The first-order valence-corrected chi connectivity index (χ1v) is 17.7. The minimum Gasteiger partial charge on any atom is -0.309 e. The fraction of sp³-hybridized carbons (Fsp3) is 0.125. The first kappa shape index (κ1) is 29.1. The molecule has 0 N–H and O–H groups in total. The highest BCUT2D eigenvalue weighted by atomic mass is 15.2. The second-order valence-corrected chi connectivity index (χ2v) is 15.0. The molecule has 0 aliphatic carbocycles. The Morgan fingerprint density at radius 1 is 0.320 bits per heavy atom. The number of hydrogen-bond acceptors (Lipinski definition) is 2. The molecule has 0 amide bonds. The maximum absolute atomic E-state index is 2.51. The van der Waals surface area contributed by atoms with E-state index in [2.05, 4.69) is 195 Å². The third kappa shape index (κ3) is 3.85. The second kappa shape index (κ2) is 10.3. The number of fused-ring (bicyclic) bond motifs is 9. The van der Waals surface area contributed by atoms with E-state index < -0.39 is 0 Å². The van der Waals surface area contributed by atoms with E-state index in [9.17, 15) is 0 Å². The van der Waals surface area contributed by atoms with E-state index in [1.54, 1.807) is 0 Å². The van der Waals surface area contributed by atoms with E-state index >= 15 is 0 Å². The van der Waals surface area contributed by atoms with Crippen LogP contribution in [0.1, 0.15) is 49.9 Å². The first-order valence-electron chi connectivity index (χ1n) is 17.7. The number of benzene rings is 8. The molecule has 0 saturated carbocycles. The second-order valence-electron chi connectivity index (χ2n) is 15.0. The molecule has 0 spiro atoms. The van der Waals surface area contributed by atoms with Crippen LogP contribution in [0.25, 0.3) is 32.3 Å². The zero-order valence-corrected chi connectivity index (χ0v) is 28.9. The lowest BCUT2D eigenvalue weighted by molar-refractivity contribution is 0.632. The molecule has 0 aromatic heterocycles. The number of hydrogen-bond donors (Lipinski definition) is 0. The molecular weight excluding hydrogens is 605 g/mol. The molecule has 2 aliphatic rings. The lowest BCUT2D eigenvalue weighted by atomic mass is 9.73. The van der Waals surface area contributed by atoms with Crippen LogP contribution in [0.4, 0.5) is 34.1 Å². The average molecular weight is 643 g/mol. The highest BCUT2D eigenvalue weighted by molar-refractivity contribution is 6.26. The van der Waals surface area contributed by atoms with Crippen molar-refractivity contribution in [3.05, 3.63) is 180 Å². The number of rotatable bonds is 2. The van der Waals surface area contributed by atoms with Crippen LogP contribution in [0.2, 0.25) is 0 Å².